The number of fused-ring (bicyclic) bond motifs is 2. The van der Waals surface area contributed by atoms with Gasteiger partial charge in [0.1, 0.15) is 0 Å². The molecule has 0 saturated carbocycles. The van der Waals surface area contributed by atoms with Crippen molar-refractivity contribution >= 4 is 40.6 Å². The summed E-state index contributed by atoms with van der Waals surface area (Å²) in [6.07, 6.45) is 6.50. The van der Waals surface area contributed by atoms with E-state index in [1.807, 2.05) is 24.3 Å². The van der Waals surface area contributed by atoms with Gasteiger partial charge in [0.05, 0.1) is 23.9 Å². The Balaban J connectivity index is 1.38. The van der Waals surface area contributed by atoms with Gasteiger partial charge in [-0.3, -0.25) is 9.69 Å². The van der Waals surface area contributed by atoms with Crippen molar-refractivity contribution in [3.05, 3.63) is 64.7 Å². The molecule has 2 fully saturated rings. The van der Waals surface area contributed by atoms with Crippen LogP contribution in [0.15, 0.2) is 53.5 Å². The van der Waals surface area contributed by atoms with Gasteiger partial charge in [-0.2, -0.15) is 4.99 Å². The number of rotatable bonds is 8. The highest BCUT2D eigenvalue weighted by molar-refractivity contribution is 7.78. The van der Waals surface area contributed by atoms with Gasteiger partial charge in [-0.15, -0.1) is 0 Å². The van der Waals surface area contributed by atoms with E-state index in [9.17, 15) is 4.79 Å². The Hall–Kier alpha value is -2.04. The van der Waals surface area contributed by atoms with Gasteiger partial charge in [0.2, 0.25) is 0 Å². The first-order valence-corrected chi connectivity index (χ1v) is 12.1. The van der Waals surface area contributed by atoms with Crippen LogP contribution in [0.2, 0.25) is 5.02 Å². The summed E-state index contributed by atoms with van der Waals surface area (Å²) in [7, 11) is 1.51. The molecule has 2 aromatic rings. The van der Waals surface area contributed by atoms with Crippen molar-refractivity contribution in [1.29, 1.82) is 0 Å². The number of benzene rings is 2. The number of aliphatic imine (C=N–C) groups is 1. The second-order valence-corrected chi connectivity index (χ2v) is 9.42. The van der Waals surface area contributed by atoms with Gasteiger partial charge < -0.3 is 4.74 Å². The first kappa shape index (κ1) is 23.1. The quantitative estimate of drug-likeness (QED) is 0.200. The number of aryl methyl sites for hydroxylation is 1. The molecule has 0 spiro atoms. The fourth-order valence-corrected chi connectivity index (χ4v) is 5.82. The highest BCUT2D eigenvalue weighted by atomic mass is 35.5. The number of carbonyl (C=O) groups is 1. The summed E-state index contributed by atoms with van der Waals surface area (Å²) in [6.45, 7) is 1.03. The van der Waals surface area contributed by atoms with Gasteiger partial charge in [-0.05, 0) is 92.7 Å². The van der Waals surface area contributed by atoms with Gasteiger partial charge in [0.15, 0.2) is 0 Å². The molecule has 2 unspecified atom stereocenters. The summed E-state index contributed by atoms with van der Waals surface area (Å²) in [5.41, 5.74) is 3.35. The number of methoxy groups -OCH3 is 1. The van der Waals surface area contributed by atoms with Crippen LogP contribution in [0.5, 0.6) is 0 Å². The highest BCUT2D eigenvalue weighted by Gasteiger charge is 2.50. The number of ether oxygens (including phenoxy) is 1. The smallest absolute Gasteiger partial charge is 0.310 e. The van der Waals surface area contributed by atoms with E-state index in [1.165, 1.54) is 18.2 Å². The SMILES string of the molecule is COC(=O)[C@@H]1C2CCC(C[C@@H]1c1ccc(Cl)cc1)N2CCCCc1ccc(N=C=S)cc1. The molecule has 0 aromatic heterocycles. The predicted octanol–water partition coefficient (Wildman–Crippen LogP) is 6.21. The molecule has 4 rings (SSSR count). The normalized spacial score (nSPS) is 24.7. The maximum atomic E-state index is 12.8. The molecule has 168 valence electrons. The number of nitrogens with zero attached hydrogens (tertiary/aromatic N) is 2. The van der Waals surface area contributed by atoms with Crippen LogP contribution in [0, 0.1) is 5.92 Å². The average Bonchev–Trinajstić information content (AvgIpc) is 3.08. The molecule has 4 atom stereocenters. The lowest BCUT2D eigenvalue weighted by Crippen LogP contribution is -2.51. The Kier molecular flexibility index (Phi) is 7.75. The third kappa shape index (κ3) is 5.13. The van der Waals surface area contributed by atoms with Crippen LogP contribution in [0.4, 0.5) is 5.69 Å². The molecule has 6 heteroatoms. The van der Waals surface area contributed by atoms with Crippen LogP contribution in [0.1, 0.15) is 49.1 Å². The van der Waals surface area contributed by atoms with Crippen molar-refractivity contribution in [3.8, 4) is 0 Å². The number of unbranched alkanes of at least 4 members (excludes halogenated alkanes) is 1. The standard InChI is InChI=1S/C26H29ClN2O2S/c1-31-26(30)25-23(19-7-9-20(27)10-8-19)16-22-13-14-24(25)29(22)15-3-2-4-18-5-11-21(12-6-18)28-17-32/h5-12,22-25H,2-4,13-16H2,1H3/t22?,23-,24?,25+/m1/s1. The van der Waals surface area contributed by atoms with E-state index >= 15 is 0 Å². The van der Waals surface area contributed by atoms with Gasteiger partial charge in [0.25, 0.3) is 0 Å². The third-order valence-electron chi connectivity index (χ3n) is 7.08. The molecule has 2 aliphatic heterocycles. The number of isothiocyanates is 1. The van der Waals surface area contributed by atoms with Gasteiger partial charge in [0, 0.05) is 23.0 Å². The molecule has 0 N–H and O–H groups in total. The minimum Gasteiger partial charge on any atom is -0.469 e. The predicted molar refractivity (Wildman–Crippen MR) is 132 cm³/mol. The van der Waals surface area contributed by atoms with Crippen molar-refractivity contribution in [2.24, 2.45) is 10.9 Å². The summed E-state index contributed by atoms with van der Waals surface area (Å²) in [6, 6.07) is 17.0. The molecule has 4 nitrogen and oxygen atoms in total. The van der Waals surface area contributed by atoms with Crippen LogP contribution >= 0.6 is 23.8 Å². The van der Waals surface area contributed by atoms with Gasteiger partial charge in [-0.25, -0.2) is 0 Å². The largest absolute Gasteiger partial charge is 0.469 e. The molecular formula is C26H29ClN2O2S. The monoisotopic (exact) mass is 468 g/mol. The number of hydrogen-bond acceptors (Lipinski definition) is 5. The lowest BCUT2D eigenvalue weighted by Gasteiger charge is -2.43. The van der Waals surface area contributed by atoms with Crippen molar-refractivity contribution in [3.63, 3.8) is 0 Å². The number of thiocarbonyl (C=S) groups is 1. The third-order valence-corrected chi connectivity index (χ3v) is 7.42. The maximum absolute atomic E-state index is 12.8. The summed E-state index contributed by atoms with van der Waals surface area (Å²) in [5.74, 6) is -0.00408. The van der Waals surface area contributed by atoms with Crippen LogP contribution in [0.3, 0.4) is 0 Å². The Morgan fingerprint density at radius 1 is 1.16 bits per heavy atom. The van der Waals surface area contributed by atoms with Crippen molar-refractivity contribution in [2.75, 3.05) is 13.7 Å². The number of hydrogen-bond donors (Lipinski definition) is 0. The number of halogens is 1. The fraction of sp³-hybridized carbons (Fsp3) is 0.462. The molecule has 2 saturated heterocycles. The molecule has 2 aliphatic rings. The molecule has 2 heterocycles. The highest BCUT2D eigenvalue weighted by Crippen LogP contribution is 2.47. The fourth-order valence-electron chi connectivity index (χ4n) is 5.59. The van der Waals surface area contributed by atoms with Crippen molar-refractivity contribution in [1.82, 2.24) is 4.90 Å². The molecule has 0 aliphatic carbocycles. The Morgan fingerprint density at radius 3 is 2.59 bits per heavy atom. The summed E-state index contributed by atoms with van der Waals surface area (Å²) in [5, 5.41) is 3.13. The summed E-state index contributed by atoms with van der Waals surface area (Å²) in [4.78, 5) is 19.4. The number of carbonyl (C=O) groups excluding carboxylic acids is 1. The first-order valence-electron chi connectivity index (χ1n) is 11.4. The summed E-state index contributed by atoms with van der Waals surface area (Å²) < 4.78 is 5.26. The minimum atomic E-state index is -0.116. The van der Waals surface area contributed by atoms with Crippen LogP contribution in [0.25, 0.3) is 0 Å². The minimum absolute atomic E-state index is 0.0839. The number of esters is 1. The van der Waals surface area contributed by atoms with Crippen LogP contribution in [-0.2, 0) is 16.0 Å². The lowest BCUT2D eigenvalue weighted by atomic mass is 9.76. The zero-order valence-corrected chi connectivity index (χ0v) is 19.9. The zero-order chi connectivity index (χ0) is 22.5. The second kappa shape index (κ2) is 10.7. The van der Waals surface area contributed by atoms with E-state index in [0.29, 0.717) is 6.04 Å². The lowest BCUT2D eigenvalue weighted by molar-refractivity contribution is -0.150. The maximum Gasteiger partial charge on any atom is 0.310 e. The second-order valence-electron chi connectivity index (χ2n) is 8.81. The van der Waals surface area contributed by atoms with E-state index < -0.39 is 0 Å². The zero-order valence-electron chi connectivity index (χ0n) is 18.4. The summed E-state index contributed by atoms with van der Waals surface area (Å²) >= 11 is 10.8. The molecule has 32 heavy (non-hydrogen) atoms. The Bertz CT molecular complexity index is 972. The molecular weight excluding hydrogens is 440 g/mol. The van der Waals surface area contributed by atoms with Crippen molar-refractivity contribution < 1.29 is 9.53 Å². The van der Waals surface area contributed by atoms with E-state index in [2.05, 4.69) is 51.5 Å². The number of piperidine rings is 1. The van der Waals surface area contributed by atoms with Crippen molar-refractivity contribution in [2.45, 2.75) is 56.5 Å². The molecule has 0 radical (unpaired) electrons. The van der Waals surface area contributed by atoms with Gasteiger partial charge >= 0.3 is 5.97 Å². The van der Waals surface area contributed by atoms with E-state index in [1.54, 1.807) is 0 Å². The van der Waals surface area contributed by atoms with Crippen LogP contribution in [-0.4, -0.2) is 41.8 Å². The van der Waals surface area contributed by atoms with E-state index in [4.69, 9.17) is 16.3 Å². The molecule has 2 aromatic carbocycles. The Labute approximate surface area is 200 Å². The topological polar surface area (TPSA) is 41.9 Å². The van der Waals surface area contributed by atoms with E-state index in [-0.39, 0.29) is 23.8 Å². The first-order chi connectivity index (χ1) is 15.6. The molecule has 2 bridgehead atoms. The van der Waals surface area contributed by atoms with E-state index in [0.717, 1.165) is 55.8 Å². The Morgan fingerprint density at radius 2 is 1.91 bits per heavy atom. The average molecular weight is 469 g/mol. The van der Waals surface area contributed by atoms with Gasteiger partial charge in [-0.1, -0.05) is 35.9 Å². The van der Waals surface area contributed by atoms with Crippen LogP contribution < -0.4 is 0 Å². The molecule has 0 amide bonds.